The van der Waals surface area contributed by atoms with Gasteiger partial charge >= 0.3 is 0 Å². The van der Waals surface area contributed by atoms with Gasteiger partial charge in [0.1, 0.15) is 5.82 Å². The molecule has 0 aromatic heterocycles. The molecule has 4 heteroatoms. The van der Waals surface area contributed by atoms with Crippen LogP contribution in [0.3, 0.4) is 0 Å². The van der Waals surface area contributed by atoms with Crippen LogP contribution in [0.25, 0.3) is 11.1 Å². The lowest BCUT2D eigenvalue weighted by molar-refractivity contribution is 0.514. The molecular weight excluding hydrogens is 215 g/mol. The Morgan fingerprint density at radius 2 is 1.38 bits per heavy atom. The van der Waals surface area contributed by atoms with Gasteiger partial charge in [-0.15, -0.1) is 0 Å². The molecular formula is C12H8F3N. The van der Waals surface area contributed by atoms with Crippen LogP contribution in [0.5, 0.6) is 0 Å². The number of hydrogen-bond donors (Lipinski definition) is 1. The maximum Gasteiger partial charge on any atom is 0.182 e. The van der Waals surface area contributed by atoms with E-state index in [1.54, 1.807) is 0 Å². The maximum atomic E-state index is 13.5. The first-order chi connectivity index (χ1) is 7.59. The molecule has 0 radical (unpaired) electrons. The van der Waals surface area contributed by atoms with E-state index in [1.807, 2.05) is 0 Å². The summed E-state index contributed by atoms with van der Waals surface area (Å²) >= 11 is 0. The van der Waals surface area contributed by atoms with Crippen LogP contribution in [0.4, 0.5) is 18.9 Å². The van der Waals surface area contributed by atoms with E-state index in [-0.39, 0.29) is 11.3 Å². The molecule has 16 heavy (non-hydrogen) atoms. The summed E-state index contributed by atoms with van der Waals surface area (Å²) in [5.74, 6) is -2.53. The minimum atomic E-state index is -1.08. The van der Waals surface area contributed by atoms with Gasteiger partial charge in [0, 0.05) is 5.56 Å². The van der Waals surface area contributed by atoms with Crippen molar-refractivity contribution in [1.82, 2.24) is 0 Å². The number of halogens is 3. The Labute approximate surface area is 90.3 Å². The van der Waals surface area contributed by atoms with Gasteiger partial charge in [0.15, 0.2) is 11.6 Å². The minimum Gasteiger partial charge on any atom is -0.396 e. The van der Waals surface area contributed by atoms with Crippen molar-refractivity contribution in [3.05, 3.63) is 53.8 Å². The van der Waals surface area contributed by atoms with E-state index in [2.05, 4.69) is 0 Å². The van der Waals surface area contributed by atoms with E-state index < -0.39 is 17.5 Å². The Morgan fingerprint density at radius 1 is 0.750 bits per heavy atom. The predicted molar refractivity (Wildman–Crippen MR) is 56.2 cm³/mol. The second kappa shape index (κ2) is 3.89. The van der Waals surface area contributed by atoms with Crippen molar-refractivity contribution in [3.63, 3.8) is 0 Å². The zero-order chi connectivity index (χ0) is 11.7. The van der Waals surface area contributed by atoms with Gasteiger partial charge in [-0.1, -0.05) is 12.1 Å². The molecule has 0 bridgehead atoms. The smallest absolute Gasteiger partial charge is 0.182 e. The highest BCUT2D eigenvalue weighted by Gasteiger charge is 2.12. The highest BCUT2D eigenvalue weighted by molar-refractivity contribution is 5.66. The second-order valence-corrected chi connectivity index (χ2v) is 3.34. The molecule has 2 rings (SSSR count). The molecule has 2 N–H and O–H groups in total. The van der Waals surface area contributed by atoms with E-state index in [9.17, 15) is 13.2 Å². The Bertz CT molecular complexity index is 521. The van der Waals surface area contributed by atoms with Gasteiger partial charge in [-0.3, -0.25) is 0 Å². The monoisotopic (exact) mass is 223 g/mol. The summed E-state index contributed by atoms with van der Waals surface area (Å²) in [6.45, 7) is 0. The van der Waals surface area contributed by atoms with Crippen molar-refractivity contribution in [2.75, 3.05) is 5.73 Å². The van der Waals surface area contributed by atoms with Crippen LogP contribution in [0.15, 0.2) is 36.4 Å². The first-order valence-electron chi connectivity index (χ1n) is 4.59. The summed E-state index contributed by atoms with van der Waals surface area (Å²) < 4.78 is 39.3. The molecule has 0 saturated heterocycles. The van der Waals surface area contributed by atoms with Crippen LogP contribution < -0.4 is 5.73 Å². The Hall–Kier alpha value is -1.97. The molecule has 0 atom stereocenters. The van der Waals surface area contributed by atoms with Crippen LogP contribution in [0.1, 0.15) is 0 Å². The lowest BCUT2D eigenvalue weighted by Crippen LogP contribution is -1.96. The third-order valence-electron chi connectivity index (χ3n) is 2.27. The average molecular weight is 223 g/mol. The molecule has 0 unspecified atom stereocenters. The van der Waals surface area contributed by atoms with Crippen LogP contribution in [-0.2, 0) is 0 Å². The Kier molecular flexibility index (Phi) is 2.56. The molecule has 0 amide bonds. The van der Waals surface area contributed by atoms with Crippen molar-refractivity contribution >= 4 is 5.69 Å². The fourth-order valence-corrected chi connectivity index (χ4v) is 1.42. The van der Waals surface area contributed by atoms with Crippen molar-refractivity contribution in [2.45, 2.75) is 0 Å². The zero-order valence-electron chi connectivity index (χ0n) is 8.18. The third kappa shape index (κ3) is 1.74. The highest BCUT2D eigenvalue weighted by atomic mass is 19.2. The summed E-state index contributed by atoms with van der Waals surface area (Å²) in [6.07, 6.45) is 0. The van der Waals surface area contributed by atoms with Gasteiger partial charge in [-0.05, 0) is 29.8 Å². The lowest BCUT2D eigenvalue weighted by Gasteiger charge is -2.05. The van der Waals surface area contributed by atoms with E-state index in [4.69, 9.17) is 5.73 Å². The zero-order valence-corrected chi connectivity index (χ0v) is 8.18. The van der Waals surface area contributed by atoms with Crippen LogP contribution in [0, 0.1) is 17.5 Å². The largest absolute Gasteiger partial charge is 0.396 e. The quantitative estimate of drug-likeness (QED) is 0.737. The molecule has 0 fully saturated rings. The van der Waals surface area contributed by atoms with Crippen molar-refractivity contribution in [3.8, 4) is 11.1 Å². The first kappa shape index (κ1) is 10.5. The summed E-state index contributed by atoms with van der Waals surface area (Å²) in [6, 6.07) is 7.76. The average Bonchev–Trinajstić information content (AvgIpc) is 2.28. The number of anilines is 1. The van der Waals surface area contributed by atoms with E-state index >= 15 is 0 Å². The summed E-state index contributed by atoms with van der Waals surface area (Å²) in [5.41, 5.74) is 5.43. The summed E-state index contributed by atoms with van der Waals surface area (Å²) in [7, 11) is 0. The SMILES string of the molecule is Nc1ccc(-c2ccc(F)cc2)c(F)c1F. The minimum absolute atomic E-state index is 0.0618. The van der Waals surface area contributed by atoms with Gasteiger partial charge in [-0.2, -0.15) is 0 Å². The second-order valence-electron chi connectivity index (χ2n) is 3.34. The number of benzene rings is 2. The standard InChI is InChI=1S/C12H8F3N/c13-8-3-1-7(2-4-8)9-5-6-10(16)12(15)11(9)14/h1-6H,16H2. The number of nitrogens with two attached hydrogens (primary N) is 1. The molecule has 2 aromatic carbocycles. The Balaban J connectivity index is 2.57. The molecule has 0 aliphatic carbocycles. The van der Waals surface area contributed by atoms with Crippen molar-refractivity contribution in [1.29, 1.82) is 0 Å². The molecule has 0 aliphatic rings. The van der Waals surface area contributed by atoms with Crippen LogP contribution >= 0.6 is 0 Å². The van der Waals surface area contributed by atoms with Gasteiger partial charge in [0.05, 0.1) is 5.69 Å². The summed E-state index contributed by atoms with van der Waals surface area (Å²) in [4.78, 5) is 0. The van der Waals surface area contributed by atoms with Gasteiger partial charge < -0.3 is 5.73 Å². The number of rotatable bonds is 1. The number of nitrogen functional groups attached to an aromatic ring is 1. The van der Waals surface area contributed by atoms with Crippen LogP contribution in [-0.4, -0.2) is 0 Å². The maximum absolute atomic E-state index is 13.5. The Morgan fingerprint density at radius 3 is 2.00 bits per heavy atom. The fourth-order valence-electron chi connectivity index (χ4n) is 1.42. The fraction of sp³-hybridized carbons (Fsp3) is 0. The molecule has 82 valence electrons. The topological polar surface area (TPSA) is 26.0 Å². The molecule has 0 spiro atoms. The molecule has 0 saturated carbocycles. The first-order valence-corrected chi connectivity index (χ1v) is 4.59. The van der Waals surface area contributed by atoms with E-state index in [1.165, 1.54) is 36.4 Å². The van der Waals surface area contributed by atoms with Gasteiger partial charge in [0.2, 0.25) is 0 Å². The van der Waals surface area contributed by atoms with Crippen LogP contribution in [0.2, 0.25) is 0 Å². The highest BCUT2D eigenvalue weighted by Crippen LogP contribution is 2.27. The lowest BCUT2D eigenvalue weighted by atomic mass is 10.0. The number of hydrogen-bond acceptors (Lipinski definition) is 1. The van der Waals surface area contributed by atoms with E-state index in [0.29, 0.717) is 5.56 Å². The molecule has 0 aliphatic heterocycles. The molecule has 2 aromatic rings. The van der Waals surface area contributed by atoms with Gasteiger partial charge in [-0.25, -0.2) is 13.2 Å². The molecule has 0 heterocycles. The predicted octanol–water partition coefficient (Wildman–Crippen LogP) is 3.35. The van der Waals surface area contributed by atoms with Crippen molar-refractivity contribution < 1.29 is 13.2 Å². The summed E-state index contributed by atoms with van der Waals surface area (Å²) in [5, 5.41) is 0. The molecule has 1 nitrogen and oxygen atoms in total. The van der Waals surface area contributed by atoms with Crippen molar-refractivity contribution in [2.24, 2.45) is 0 Å². The van der Waals surface area contributed by atoms with E-state index in [0.717, 1.165) is 0 Å². The van der Waals surface area contributed by atoms with Gasteiger partial charge in [0.25, 0.3) is 0 Å². The third-order valence-corrected chi connectivity index (χ3v) is 2.27. The normalized spacial score (nSPS) is 10.4.